The Hall–Kier alpha value is -4.01. The minimum Gasteiger partial charge on any atom is -0.485 e. The van der Waals surface area contributed by atoms with Gasteiger partial charge in [0, 0.05) is 12.1 Å². The number of amides is 1. The van der Waals surface area contributed by atoms with Crippen molar-refractivity contribution in [2.75, 3.05) is 5.32 Å². The average Bonchev–Trinajstić information content (AvgIpc) is 3.18. The van der Waals surface area contributed by atoms with Crippen LogP contribution in [0.4, 0.5) is 10.1 Å². The van der Waals surface area contributed by atoms with Gasteiger partial charge in [0.25, 0.3) is 17.2 Å². The zero-order chi connectivity index (χ0) is 22.0. The lowest BCUT2D eigenvalue weighted by atomic mass is 10.2. The molecule has 2 aromatic heterocycles. The fraction of sp³-hybridized carbons (Fsp3) is 0.182. The van der Waals surface area contributed by atoms with Crippen LogP contribution in [0.25, 0.3) is 5.78 Å². The number of benzene rings is 2. The molecule has 2 heterocycles. The predicted octanol–water partition coefficient (Wildman–Crippen LogP) is 3.44. The monoisotopic (exact) mass is 421 g/mol. The second-order valence-corrected chi connectivity index (χ2v) is 7.13. The molecule has 0 fully saturated rings. The molecular weight excluding hydrogens is 401 g/mol. The summed E-state index contributed by atoms with van der Waals surface area (Å²) in [6, 6.07) is 13.9. The number of ether oxygens (including phenoxy) is 1. The van der Waals surface area contributed by atoms with Crippen LogP contribution in [0.3, 0.4) is 0 Å². The number of carbonyl (C=O) groups excluding carboxylic acids is 1. The Morgan fingerprint density at radius 2 is 1.90 bits per heavy atom. The summed E-state index contributed by atoms with van der Waals surface area (Å²) in [5.41, 5.74) is 0.431. The minimum absolute atomic E-state index is 0.00708. The van der Waals surface area contributed by atoms with E-state index in [0.29, 0.717) is 17.1 Å². The van der Waals surface area contributed by atoms with Gasteiger partial charge in [-0.15, -0.1) is 0 Å². The molecule has 0 spiro atoms. The molecule has 2 aromatic carbocycles. The number of hydrogen-bond acceptors (Lipinski definition) is 5. The fourth-order valence-corrected chi connectivity index (χ4v) is 3.09. The summed E-state index contributed by atoms with van der Waals surface area (Å²) < 4.78 is 22.8. The van der Waals surface area contributed by atoms with Crippen LogP contribution in [0.2, 0.25) is 0 Å². The second kappa shape index (κ2) is 8.39. The number of aromatic nitrogens is 4. The first-order valence-electron chi connectivity index (χ1n) is 9.67. The Morgan fingerprint density at radius 1 is 1.16 bits per heavy atom. The highest BCUT2D eigenvalue weighted by Gasteiger charge is 2.14. The molecule has 0 atom stereocenters. The van der Waals surface area contributed by atoms with E-state index in [1.54, 1.807) is 41.3 Å². The number of fused-ring (bicyclic) bond motifs is 1. The molecule has 1 N–H and O–H groups in total. The van der Waals surface area contributed by atoms with E-state index in [2.05, 4.69) is 15.3 Å². The number of rotatable bonds is 6. The van der Waals surface area contributed by atoms with Crippen molar-refractivity contribution in [3.05, 3.63) is 88.4 Å². The van der Waals surface area contributed by atoms with Crippen molar-refractivity contribution in [2.24, 2.45) is 0 Å². The highest BCUT2D eigenvalue weighted by Crippen LogP contribution is 2.25. The van der Waals surface area contributed by atoms with Crippen LogP contribution in [0.1, 0.15) is 35.9 Å². The smallest absolute Gasteiger partial charge is 0.274 e. The number of anilines is 1. The SMILES string of the molecule is CC(C)n1cnc2nc(COc3ccccc3NC(=O)c3ccccc3F)cc(=O)n21. The number of hydrogen-bond donors (Lipinski definition) is 1. The topological polar surface area (TPSA) is 90.5 Å². The molecule has 158 valence electrons. The number of carbonyl (C=O) groups is 1. The third-order valence-corrected chi connectivity index (χ3v) is 4.61. The quantitative estimate of drug-likeness (QED) is 0.515. The van der Waals surface area contributed by atoms with Gasteiger partial charge in [-0.2, -0.15) is 9.50 Å². The number of para-hydroxylation sites is 2. The van der Waals surface area contributed by atoms with E-state index >= 15 is 0 Å². The van der Waals surface area contributed by atoms with Crippen molar-refractivity contribution in [3.63, 3.8) is 0 Å². The van der Waals surface area contributed by atoms with Crippen molar-refractivity contribution >= 4 is 17.4 Å². The highest BCUT2D eigenvalue weighted by molar-refractivity contribution is 6.05. The Balaban J connectivity index is 1.54. The van der Waals surface area contributed by atoms with Crippen LogP contribution < -0.4 is 15.6 Å². The van der Waals surface area contributed by atoms with Gasteiger partial charge >= 0.3 is 0 Å². The minimum atomic E-state index is -0.614. The highest BCUT2D eigenvalue weighted by atomic mass is 19.1. The van der Waals surface area contributed by atoms with Gasteiger partial charge in [-0.25, -0.2) is 9.37 Å². The summed E-state index contributed by atoms with van der Waals surface area (Å²) in [5, 5.41) is 2.65. The van der Waals surface area contributed by atoms with Crippen molar-refractivity contribution in [2.45, 2.75) is 26.5 Å². The molecule has 0 radical (unpaired) electrons. The lowest BCUT2D eigenvalue weighted by Gasteiger charge is -2.13. The van der Waals surface area contributed by atoms with E-state index in [1.807, 2.05) is 13.8 Å². The zero-order valence-corrected chi connectivity index (χ0v) is 16.9. The van der Waals surface area contributed by atoms with Crippen molar-refractivity contribution < 1.29 is 13.9 Å². The maximum Gasteiger partial charge on any atom is 0.274 e. The largest absolute Gasteiger partial charge is 0.485 e. The summed E-state index contributed by atoms with van der Waals surface area (Å²) in [6.45, 7) is 3.88. The molecule has 0 saturated carbocycles. The van der Waals surface area contributed by atoms with E-state index in [1.165, 1.54) is 28.8 Å². The summed E-state index contributed by atoms with van der Waals surface area (Å²) in [7, 11) is 0. The molecule has 0 saturated heterocycles. The molecule has 4 aromatic rings. The second-order valence-electron chi connectivity index (χ2n) is 7.13. The molecule has 1 amide bonds. The Morgan fingerprint density at radius 3 is 2.68 bits per heavy atom. The lowest BCUT2D eigenvalue weighted by molar-refractivity contribution is 0.102. The summed E-state index contributed by atoms with van der Waals surface area (Å²) in [5.74, 6) is -0.564. The van der Waals surface area contributed by atoms with Gasteiger partial charge in [-0.1, -0.05) is 24.3 Å². The van der Waals surface area contributed by atoms with Gasteiger partial charge in [0.15, 0.2) is 0 Å². The number of nitrogens with one attached hydrogen (secondary N) is 1. The summed E-state index contributed by atoms with van der Waals surface area (Å²) in [6.07, 6.45) is 1.56. The van der Waals surface area contributed by atoms with Gasteiger partial charge in [0.2, 0.25) is 0 Å². The molecule has 0 aliphatic rings. The van der Waals surface area contributed by atoms with Crippen LogP contribution in [0.15, 0.2) is 65.7 Å². The maximum absolute atomic E-state index is 13.9. The van der Waals surface area contributed by atoms with Gasteiger partial charge in [-0.05, 0) is 38.1 Å². The van der Waals surface area contributed by atoms with E-state index < -0.39 is 11.7 Å². The van der Waals surface area contributed by atoms with Crippen molar-refractivity contribution in [1.82, 2.24) is 19.2 Å². The lowest BCUT2D eigenvalue weighted by Crippen LogP contribution is -2.23. The summed E-state index contributed by atoms with van der Waals surface area (Å²) >= 11 is 0. The zero-order valence-electron chi connectivity index (χ0n) is 16.9. The first-order chi connectivity index (χ1) is 14.9. The van der Waals surface area contributed by atoms with Crippen LogP contribution in [0.5, 0.6) is 5.75 Å². The third-order valence-electron chi connectivity index (χ3n) is 4.61. The van der Waals surface area contributed by atoms with Crippen LogP contribution in [-0.4, -0.2) is 25.1 Å². The maximum atomic E-state index is 13.9. The van der Waals surface area contributed by atoms with Gasteiger partial charge < -0.3 is 10.1 Å². The summed E-state index contributed by atoms with van der Waals surface area (Å²) in [4.78, 5) is 33.5. The first-order valence-corrected chi connectivity index (χ1v) is 9.67. The van der Waals surface area contributed by atoms with Gasteiger partial charge in [-0.3, -0.25) is 14.3 Å². The predicted molar refractivity (Wildman–Crippen MR) is 113 cm³/mol. The molecule has 0 aliphatic heterocycles. The van der Waals surface area contributed by atoms with E-state index in [-0.39, 0.29) is 29.5 Å². The van der Waals surface area contributed by atoms with Gasteiger partial charge in [0.05, 0.1) is 16.9 Å². The van der Waals surface area contributed by atoms with Crippen LogP contribution in [0, 0.1) is 5.82 Å². The van der Waals surface area contributed by atoms with Crippen molar-refractivity contribution in [3.8, 4) is 5.75 Å². The number of halogens is 1. The molecule has 8 nitrogen and oxygen atoms in total. The van der Waals surface area contributed by atoms with E-state index in [0.717, 1.165) is 0 Å². The normalized spacial score (nSPS) is 11.1. The Labute approximate surface area is 176 Å². The third kappa shape index (κ3) is 4.16. The van der Waals surface area contributed by atoms with Crippen LogP contribution in [-0.2, 0) is 6.61 Å². The van der Waals surface area contributed by atoms with Crippen LogP contribution >= 0.6 is 0 Å². The Bertz CT molecular complexity index is 1310. The first kappa shape index (κ1) is 20.3. The standard InChI is InChI=1S/C22H20FN5O3/c1-14(2)27-13-24-22-25-15(11-20(29)28(22)27)12-31-19-10-6-5-9-18(19)26-21(30)16-7-3-4-8-17(16)23/h3-11,13-14H,12H2,1-2H3,(H,26,30). The molecule has 0 unspecified atom stereocenters. The van der Waals surface area contributed by atoms with E-state index in [9.17, 15) is 14.0 Å². The number of nitrogens with zero attached hydrogens (tertiary/aromatic N) is 4. The average molecular weight is 421 g/mol. The fourth-order valence-electron chi connectivity index (χ4n) is 3.09. The molecule has 9 heteroatoms. The molecule has 0 bridgehead atoms. The van der Waals surface area contributed by atoms with Gasteiger partial charge in [0.1, 0.15) is 24.5 Å². The van der Waals surface area contributed by atoms with E-state index in [4.69, 9.17) is 4.74 Å². The Kier molecular flexibility index (Phi) is 5.48. The van der Waals surface area contributed by atoms with Crippen molar-refractivity contribution in [1.29, 1.82) is 0 Å². The molecule has 4 rings (SSSR count). The molecule has 31 heavy (non-hydrogen) atoms. The molecular formula is C22H20FN5O3. The molecule has 0 aliphatic carbocycles.